The number of hydrogen-bond donors (Lipinski definition) is 0. The van der Waals surface area contributed by atoms with E-state index in [0.717, 1.165) is 0 Å². The first-order chi connectivity index (χ1) is 9.25. The summed E-state index contributed by atoms with van der Waals surface area (Å²) >= 11 is 6.01. The van der Waals surface area contributed by atoms with Crippen LogP contribution in [0.4, 0.5) is 0 Å². The molecule has 19 heavy (non-hydrogen) atoms. The molecule has 0 saturated carbocycles. The van der Waals surface area contributed by atoms with Crippen molar-refractivity contribution in [2.24, 2.45) is 0 Å². The molecule has 0 N–H and O–H groups in total. The summed E-state index contributed by atoms with van der Waals surface area (Å²) in [6, 6.07) is 3.40. The molecule has 2 aromatic heterocycles. The predicted molar refractivity (Wildman–Crippen MR) is 65.7 cm³/mol. The number of carbonyl (C=O) groups excluding carboxylic acids is 1. The molecule has 3 heterocycles. The smallest absolute Gasteiger partial charge is 0.239 e. The number of halogens is 1. The van der Waals surface area contributed by atoms with E-state index in [0.29, 0.717) is 23.7 Å². The highest BCUT2D eigenvalue weighted by molar-refractivity contribution is 6.32. The van der Waals surface area contributed by atoms with Crippen LogP contribution in [-0.4, -0.2) is 34.1 Å². The highest BCUT2D eigenvalue weighted by atomic mass is 35.5. The highest BCUT2D eigenvalue weighted by Crippen LogP contribution is 2.26. The third-order valence-electron chi connectivity index (χ3n) is 2.88. The lowest BCUT2D eigenvalue weighted by Crippen LogP contribution is -2.25. The van der Waals surface area contributed by atoms with E-state index in [4.69, 9.17) is 20.9 Å². The molecule has 6 nitrogen and oxygen atoms in total. The van der Waals surface area contributed by atoms with E-state index in [1.807, 2.05) is 0 Å². The van der Waals surface area contributed by atoms with Gasteiger partial charge in [0.25, 0.3) is 0 Å². The van der Waals surface area contributed by atoms with E-state index in [2.05, 4.69) is 15.1 Å². The molecule has 7 heteroatoms. The van der Waals surface area contributed by atoms with Gasteiger partial charge in [0, 0.05) is 12.6 Å². The van der Waals surface area contributed by atoms with Crippen LogP contribution in [0.2, 0.25) is 5.02 Å². The van der Waals surface area contributed by atoms with Gasteiger partial charge in [-0.15, -0.1) is 0 Å². The van der Waals surface area contributed by atoms with E-state index in [-0.39, 0.29) is 24.1 Å². The molecule has 0 bridgehead atoms. The lowest BCUT2D eigenvalue weighted by Gasteiger charge is -2.16. The van der Waals surface area contributed by atoms with Crippen molar-refractivity contribution in [3.05, 3.63) is 29.2 Å². The number of aromatic nitrogens is 3. The first-order valence-corrected chi connectivity index (χ1v) is 6.18. The fraction of sp³-hybridized carbons (Fsp3) is 0.333. The van der Waals surface area contributed by atoms with Crippen LogP contribution in [-0.2, 0) is 9.53 Å². The summed E-state index contributed by atoms with van der Waals surface area (Å²) in [5.74, 6) is 0.0893. The first kappa shape index (κ1) is 12.3. The summed E-state index contributed by atoms with van der Waals surface area (Å²) in [6.07, 6.45) is 1.96. The summed E-state index contributed by atoms with van der Waals surface area (Å²) in [5.41, 5.74) is 0.434. The molecule has 1 fully saturated rings. The molecule has 0 aliphatic carbocycles. The number of ether oxygens (including phenoxy) is 1. The molecule has 0 spiro atoms. The van der Waals surface area contributed by atoms with Crippen molar-refractivity contribution < 1.29 is 14.1 Å². The summed E-state index contributed by atoms with van der Waals surface area (Å²) in [5, 5.41) is 4.25. The molecule has 1 aliphatic rings. The average Bonchev–Trinajstić information content (AvgIpc) is 2.89. The average molecular weight is 280 g/mol. The third kappa shape index (κ3) is 2.36. The zero-order valence-electron chi connectivity index (χ0n) is 9.88. The van der Waals surface area contributed by atoms with E-state index in [1.165, 1.54) is 0 Å². The summed E-state index contributed by atoms with van der Waals surface area (Å²) in [4.78, 5) is 20.0. The van der Waals surface area contributed by atoms with Crippen molar-refractivity contribution in [3.8, 4) is 11.5 Å². The molecule has 0 radical (unpaired) electrons. The normalized spacial score (nSPS) is 19.6. The molecule has 98 valence electrons. The predicted octanol–water partition coefficient (Wildman–Crippen LogP) is 1.86. The molecular formula is C12H10ClN3O3. The number of ketones is 1. The Morgan fingerprint density at radius 2 is 2.32 bits per heavy atom. The van der Waals surface area contributed by atoms with Gasteiger partial charge in [-0.1, -0.05) is 16.8 Å². The zero-order valence-corrected chi connectivity index (χ0v) is 10.6. The third-order valence-corrected chi connectivity index (χ3v) is 3.18. The molecule has 1 atom stereocenters. The molecule has 0 amide bonds. The minimum atomic E-state index is -0.488. The second-order valence-electron chi connectivity index (χ2n) is 4.13. The van der Waals surface area contributed by atoms with Crippen molar-refractivity contribution in [2.75, 3.05) is 13.2 Å². The SMILES string of the molecule is O=C1CCOCC1c1nc(-c2ncccc2Cl)no1. The van der Waals surface area contributed by atoms with Crippen LogP contribution < -0.4 is 0 Å². The zero-order chi connectivity index (χ0) is 13.2. The lowest BCUT2D eigenvalue weighted by atomic mass is 10.0. The van der Waals surface area contributed by atoms with Crippen LogP contribution in [0.1, 0.15) is 18.2 Å². The fourth-order valence-electron chi connectivity index (χ4n) is 1.87. The molecular weight excluding hydrogens is 270 g/mol. The first-order valence-electron chi connectivity index (χ1n) is 5.80. The second kappa shape index (κ2) is 5.07. The van der Waals surface area contributed by atoms with Gasteiger partial charge >= 0.3 is 0 Å². The maximum Gasteiger partial charge on any atom is 0.239 e. The van der Waals surface area contributed by atoms with E-state index < -0.39 is 5.92 Å². The maximum absolute atomic E-state index is 11.8. The van der Waals surface area contributed by atoms with Crippen LogP contribution in [0.5, 0.6) is 0 Å². The van der Waals surface area contributed by atoms with Crippen molar-refractivity contribution in [3.63, 3.8) is 0 Å². The molecule has 1 saturated heterocycles. The van der Waals surface area contributed by atoms with Gasteiger partial charge in [-0.05, 0) is 12.1 Å². The Labute approximate surface area is 113 Å². The van der Waals surface area contributed by atoms with Gasteiger partial charge in [-0.3, -0.25) is 9.78 Å². The number of pyridine rings is 1. The van der Waals surface area contributed by atoms with Crippen LogP contribution in [0.25, 0.3) is 11.5 Å². The topological polar surface area (TPSA) is 78.1 Å². The quantitative estimate of drug-likeness (QED) is 0.835. The van der Waals surface area contributed by atoms with Gasteiger partial charge in [-0.25, -0.2) is 0 Å². The number of carbonyl (C=O) groups is 1. The molecule has 0 aromatic carbocycles. The summed E-state index contributed by atoms with van der Waals surface area (Å²) < 4.78 is 10.4. The van der Waals surface area contributed by atoms with Gasteiger partial charge in [0.15, 0.2) is 0 Å². The van der Waals surface area contributed by atoms with Crippen molar-refractivity contribution in [1.29, 1.82) is 0 Å². The van der Waals surface area contributed by atoms with Gasteiger partial charge in [-0.2, -0.15) is 4.98 Å². The van der Waals surface area contributed by atoms with Crippen molar-refractivity contribution >= 4 is 17.4 Å². The minimum Gasteiger partial charge on any atom is -0.380 e. The molecule has 1 unspecified atom stereocenters. The molecule has 2 aromatic rings. The van der Waals surface area contributed by atoms with Crippen molar-refractivity contribution in [1.82, 2.24) is 15.1 Å². The van der Waals surface area contributed by atoms with Crippen LogP contribution in [0.3, 0.4) is 0 Å². The number of rotatable bonds is 2. The fourth-order valence-corrected chi connectivity index (χ4v) is 2.08. The highest BCUT2D eigenvalue weighted by Gasteiger charge is 2.30. The Morgan fingerprint density at radius 3 is 3.11 bits per heavy atom. The van der Waals surface area contributed by atoms with Gasteiger partial charge in [0.1, 0.15) is 17.4 Å². The van der Waals surface area contributed by atoms with Gasteiger partial charge in [0.05, 0.1) is 18.2 Å². The second-order valence-corrected chi connectivity index (χ2v) is 4.54. The summed E-state index contributed by atoms with van der Waals surface area (Å²) in [7, 11) is 0. The standard InChI is InChI=1S/C12H10ClN3O3/c13-8-2-1-4-14-10(8)11-15-12(19-16-11)7-6-18-5-3-9(7)17/h1-2,4,7H,3,5-6H2. The summed E-state index contributed by atoms with van der Waals surface area (Å²) in [6.45, 7) is 0.721. The van der Waals surface area contributed by atoms with Crippen LogP contribution in [0, 0.1) is 0 Å². The van der Waals surface area contributed by atoms with Crippen molar-refractivity contribution in [2.45, 2.75) is 12.3 Å². The number of Topliss-reactive ketones (excluding diaryl/α,β-unsaturated/α-hetero) is 1. The Balaban J connectivity index is 1.91. The van der Waals surface area contributed by atoms with Gasteiger partial charge in [0.2, 0.25) is 11.7 Å². The number of hydrogen-bond acceptors (Lipinski definition) is 6. The number of nitrogens with zero attached hydrogens (tertiary/aromatic N) is 3. The minimum absolute atomic E-state index is 0.0496. The molecule has 3 rings (SSSR count). The Morgan fingerprint density at radius 1 is 1.42 bits per heavy atom. The Hall–Kier alpha value is -1.79. The van der Waals surface area contributed by atoms with E-state index in [9.17, 15) is 4.79 Å². The van der Waals surface area contributed by atoms with E-state index in [1.54, 1.807) is 18.3 Å². The lowest BCUT2D eigenvalue weighted by molar-refractivity contribution is -0.127. The van der Waals surface area contributed by atoms with E-state index >= 15 is 0 Å². The van der Waals surface area contributed by atoms with Gasteiger partial charge < -0.3 is 9.26 Å². The maximum atomic E-state index is 11.8. The largest absolute Gasteiger partial charge is 0.380 e. The monoisotopic (exact) mass is 279 g/mol. The van der Waals surface area contributed by atoms with Crippen LogP contribution in [0.15, 0.2) is 22.9 Å². The Kier molecular flexibility index (Phi) is 3.27. The Bertz CT molecular complexity index is 614. The van der Waals surface area contributed by atoms with Crippen LogP contribution >= 0.6 is 11.6 Å². The molecule has 1 aliphatic heterocycles.